The topological polar surface area (TPSA) is 66.3 Å². The van der Waals surface area contributed by atoms with E-state index in [-0.39, 0.29) is 11.3 Å². The number of ketones is 1. The molecular formula is C22H22F3N3O2. The van der Waals surface area contributed by atoms with E-state index in [2.05, 4.69) is 15.2 Å². The first-order valence-corrected chi connectivity index (χ1v) is 9.75. The van der Waals surface area contributed by atoms with E-state index in [1.807, 2.05) is 24.3 Å². The maximum atomic E-state index is 13.2. The zero-order chi connectivity index (χ0) is 21.5. The van der Waals surface area contributed by atoms with Crippen molar-refractivity contribution in [3.63, 3.8) is 0 Å². The van der Waals surface area contributed by atoms with Gasteiger partial charge in [-0.15, -0.1) is 0 Å². The number of carbonyl (C=O) groups is 1. The van der Waals surface area contributed by atoms with Crippen LogP contribution in [-0.2, 0) is 19.1 Å². The first kappa shape index (κ1) is 20.4. The molecule has 1 aromatic heterocycles. The number of fused-ring (bicyclic) bond motifs is 3. The second-order valence-electron chi connectivity index (χ2n) is 7.38. The molecule has 0 fully saturated rings. The Labute approximate surface area is 171 Å². The van der Waals surface area contributed by atoms with Crippen LogP contribution in [0, 0.1) is 6.92 Å². The number of aromatic nitrogens is 1. The molecule has 8 heteroatoms. The average molecular weight is 417 g/mol. The number of hydrogen-bond acceptors (Lipinski definition) is 4. The highest BCUT2D eigenvalue weighted by atomic mass is 19.4. The lowest BCUT2D eigenvalue weighted by Crippen LogP contribution is -2.30. The first-order valence-electron chi connectivity index (χ1n) is 9.75. The number of nitrogens with zero attached hydrogens (tertiary/aromatic N) is 1. The number of aliphatic hydroxyl groups excluding tert-OH is 1. The Hall–Kier alpha value is -2.84. The zero-order valence-corrected chi connectivity index (χ0v) is 16.4. The van der Waals surface area contributed by atoms with Gasteiger partial charge in [-0.05, 0) is 30.7 Å². The van der Waals surface area contributed by atoms with Gasteiger partial charge in [-0.25, -0.2) is 0 Å². The van der Waals surface area contributed by atoms with Crippen LogP contribution in [0.25, 0.3) is 10.9 Å². The number of anilines is 1. The number of alkyl halides is 3. The lowest BCUT2D eigenvalue weighted by atomic mass is 10.0. The summed E-state index contributed by atoms with van der Waals surface area (Å²) in [4.78, 5) is 13.2. The number of Topliss-reactive ketones (excluding diaryl/α,β-unsaturated/α-hetero) is 1. The molecule has 0 amide bonds. The highest BCUT2D eigenvalue weighted by molar-refractivity contribution is 6.12. The molecule has 3 aromatic rings. The van der Waals surface area contributed by atoms with Crippen LogP contribution < -0.4 is 10.6 Å². The molecule has 0 spiro atoms. The molecule has 2 aromatic carbocycles. The van der Waals surface area contributed by atoms with Gasteiger partial charge in [0.05, 0.1) is 11.1 Å². The van der Waals surface area contributed by atoms with Crippen LogP contribution in [0.15, 0.2) is 42.5 Å². The summed E-state index contributed by atoms with van der Waals surface area (Å²) in [6.45, 7) is 3.48. The van der Waals surface area contributed by atoms with Gasteiger partial charge < -0.3 is 20.3 Å². The van der Waals surface area contributed by atoms with Gasteiger partial charge >= 0.3 is 6.18 Å². The Morgan fingerprint density at radius 1 is 1.17 bits per heavy atom. The van der Waals surface area contributed by atoms with E-state index in [1.54, 1.807) is 0 Å². The third kappa shape index (κ3) is 3.57. The third-order valence-corrected chi connectivity index (χ3v) is 5.56. The number of rotatable bonds is 4. The Morgan fingerprint density at radius 2 is 1.93 bits per heavy atom. The number of para-hydroxylation sites is 1. The summed E-state index contributed by atoms with van der Waals surface area (Å²) in [5.74, 6) is -0.557. The van der Waals surface area contributed by atoms with E-state index >= 15 is 0 Å². The van der Waals surface area contributed by atoms with Crippen LogP contribution in [0.5, 0.6) is 0 Å². The molecule has 1 unspecified atom stereocenters. The van der Waals surface area contributed by atoms with Crippen molar-refractivity contribution in [2.75, 3.05) is 18.4 Å². The molecule has 0 bridgehead atoms. The monoisotopic (exact) mass is 417 g/mol. The SMILES string of the molecule is Cc1c(NC(O)C(=O)c2c3n(c4ccccc24)CCNCC3)cccc1C(F)(F)F. The molecule has 2 heterocycles. The Bertz CT molecular complexity index is 1100. The van der Waals surface area contributed by atoms with Crippen LogP contribution in [0.2, 0.25) is 0 Å². The van der Waals surface area contributed by atoms with Crippen LogP contribution in [-0.4, -0.2) is 34.8 Å². The second kappa shape index (κ2) is 7.77. The summed E-state index contributed by atoms with van der Waals surface area (Å²) in [6, 6.07) is 11.1. The van der Waals surface area contributed by atoms with Crippen LogP contribution in [0.3, 0.4) is 0 Å². The maximum Gasteiger partial charge on any atom is 0.416 e. The summed E-state index contributed by atoms with van der Waals surface area (Å²) in [7, 11) is 0. The number of benzene rings is 2. The number of halogens is 3. The van der Waals surface area contributed by atoms with Gasteiger partial charge in [0.2, 0.25) is 5.78 Å². The van der Waals surface area contributed by atoms with Crippen LogP contribution in [0.4, 0.5) is 18.9 Å². The molecule has 5 nitrogen and oxygen atoms in total. The van der Waals surface area contributed by atoms with Crippen molar-refractivity contribution in [1.29, 1.82) is 0 Å². The highest BCUT2D eigenvalue weighted by Gasteiger charge is 2.34. The molecule has 4 rings (SSSR count). The second-order valence-corrected chi connectivity index (χ2v) is 7.38. The van der Waals surface area contributed by atoms with Crippen LogP contribution in [0.1, 0.15) is 27.2 Å². The molecule has 3 N–H and O–H groups in total. The smallest absolute Gasteiger partial charge is 0.367 e. The van der Waals surface area contributed by atoms with Crippen molar-refractivity contribution in [2.24, 2.45) is 0 Å². The molecule has 0 saturated carbocycles. The largest absolute Gasteiger partial charge is 0.416 e. The summed E-state index contributed by atoms with van der Waals surface area (Å²) in [6.07, 6.45) is -5.57. The van der Waals surface area contributed by atoms with Crippen LogP contribution >= 0.6 is 0 Å². The van der Waals surface area contributed by atoms with Gasteiger partial charge in [0.1, 0.15) is 0 Å². The Kier molecular flexibility index (Phi) is 5.29. The van der Waals surface area contributed by atoms with Gasteiger partial charge in [0.25, 0.3) is 0 Å². The zero-order valence-electron chi connectivity index (χ0n) is 16.4. The van der Waals surface area contributed by atoms with Crippen molar-refractivity contribution in [2.45, 2.75) is 32.3 Å². The standard InChI is InChI=1S/C22H22F3N3O2/c1-13-15(22(23,24)25)6-4-7-16(13)27-21(30)20(29)19-14-5-2-3-8-17(14)28-12-11-26-10-9-18(19)28/h2-8,21,26-27,30H,9-12H2,1H3. The van der Waals surface area contributed by atoms with E-state index in [0.717, 1.165) is 29.2 Å². The molecule has 1 atom stereocenters. The summed E-state index contributed by atoms with van der Waals surface area (Å²) < 4.78 is 41.6. The third-order valence-electron chi connectivity index (χ3n) is 5.56. The van der Waals surface area contributed by atoms with Crippen molar-refractivity contribution in [3.05, 3.63) is 64.8 Å². The van der Waals surface area contributed by atoms with Gasteiger partial charge in [0, 0.05) is 48.3 Å². The molecular weight excluding hydrogens is 395 g/mol. The number of carbonyl (C=O) groups excluding carboxylic acids is 1. The quantitative estimate of drug-likeness (QED) is 0.447. The number of nitrogens with one attached hydrogen (secondary N) is 2. The van der Waals surface area contributed by atoms with E-state index in [0.29, 0.717) is 25.1 Å². The minimum atomic E-state index is -4.51. The lowest BCUT2D eigenvalue weighted by molar-refractivity contribution is -0.138. The molecule has 0 aliphatic carbocycles. The van der Waals surface area contributed by atoms with Gasteiger partial charge in [0.15, 0.2) is 6.23 Å². The molecule has 30 heavy (non-hydrogen) atoms. The number of aliphatic hydroxyl groups is 1. The molecule has 0 radical (unpaired) electrons. The summed E-state index contributed by atoms with van der Waals surface area (Å²) in [5, 5.41) is 17.2. The fraction of sp³-hybridized carbons (Fsp3) is 0.318. The fourth-order valence-corrected chi connectivity index (χ4v) is 4.12. The van der Waals surface area contributed by atoms with Crippen molar-refractivity contribution < 1.29 is 23.1 Å². The predicted molar refractivity (Wildman–Crippen MR) is 109 cm³/mol. The van der Waals surface area contributed by atoms with E-state index in [1.165, 1.54) is 19.1 Å². The number of hydrogen-bond donors (Lipinski definition) is 3. The molecule has 1 aliphatic rings. The molecule has 158 valence electrons. The Morgan fingerprint density at radius 3 is 2.70 bits per heavy atom. The molecule has 1 aliphatic heterocycles. The average Bonchev–Trinajstić information content (AvgIpc) is 2.84. The van der Waals surface area contributed by atoms with Crippen molar-refractivity contribution >= 4 is 22.4 Å². The fourth-order valence-electron chi connectivity index (χ4n) is 4.12. The van der Waals surface area contributed by atoms with Crippen molar-refractivity contribution in [3.8, 4) is 0 Å². The van der Waals surface area contributed by atoms with E-state index in [9.17, 15) is 23.1 Å². The molecule has 0 saturated heterocycles. The summed E-state index contributed by atoms with van der Waals surface area (Å²) >= 11 is 0. The highest BCUT2D eigenvalue weighted by Crippen LogP contribution is 2.35. The van der Waals surface area contributed by atoms with E-state index < -0.39 is 23.8 Å². The minimum absolute atomic E-state index is 0.0679. The minimum Gasteiger partial charge on any atom is -0.367 e. The normalized spacial score (nSPS) is 15.5. The van der Waals surface area contributed by atoms with Gasteiger partial charge in [-0.2, -0.15) is 13.2 Å². The van der Waals surface area contributed by atoms with Gasteiger partial charge in [-0.1, -0.05) is 24.3 Å². The Balaban J connectivity index is 1.71. The van der Waals surface area contributed by atoms with Gasteiger partial charge in [-0.3, -0.25) is 4.79 Å². The summed E-state index contributed by atoms with van der Waals surface area (Å²) in [5.41, 5.74) is 1.35. The predicted octanol–water partition coefficient (Wildman–Crippen LogP) is 3.73. The van der Waals surface area contributed by atoms with Crippen molar-refractivity contribution in [1.82, 2.24) is 9.88 Å². The van der Waals surface area contributed by atoms with E-state index in [4.69, 9.17) is 0 Å². The lowest BCUT2D eigenvalue weighted by Gasteiger charge is -2.18. The maximum absolute atomic E-state index is 13.2. The first-order chi connectivity index (χ1) is 14.3.